The van der Waals surface area contributed by atoms with E-state index in [4.69, 9.17) is 9.47 Å². The first-order valence-electron chi connectivity index (χ1n) is 5.22. The molecule has 0 saturated carbocycles. The lowest BCUT2D eigenvalue weighted by Crippen LogP contribution is -2.39. The van der Waals surface area contributed by atoms with Gasteiger partial charge in [0.2, 0.25) is 0 Å². The fourth-order valence-electron chi connectivity index (χ4n) is 1.13. The van der Waals surface area contributed by atoms with Crippen LogP contribution >= 0.6 is 0 Å². The summed E-state index contributed by atoms with van der Waals surface area (Å²) in [6.07, 6.45) is -0.283. The van der Waals surface area contributed by atoms with Crippen LogP contribution in [0.4, 0.5) is 0 Å². The van der Waals surface area contributed by atoms with Gasteiger partial charge >= 0.3 is 11.9 Å². The van der Waals surface area contributed by atoms with Crippen molar-refractivity contribution >= 4 is 17.7 Å². The average Bonchev–Trinajstić information content (AvgIpc) is 2.17. The number of carbonyl (C=O) groups is 3. The lowest BCUT2D eigenvalue weighted by atomic mass is 9.83. The maximum Gasteiger partial charge on any atom is 0.319 e. The average molecular weight is 230 g/mol. The SMILES string of the molecule is CCOC(=O)CC(C)(C(C)=O)C(=O)OCC. The molecule has 0 aliphatic rings. The van der Waals surface area contributed by atoms with E-state index in [0.29, 0.717) is 0 Å². The molecule has 16 heavy (non-hydrogen) atoms. The molecule has 0 aromatic rings. The van der Waals surface area contributed by atoms with E-state index in [1.807, 2.05) is 0 Å². The number of carbonyl (C=O) groups excluding carboxylic acids is 3. The first-order chi connectivity index (χ1) is 7.38. The summed E-state index contributed by atoms with van der Waals surface area (Å²) in [4.78, 5) is 34.3. The fourth-order valence-corrected chi connectivity index (χ4v) is 1.13. The Morgan fingerprint density at radius 3 is 1.94 bits per heavy atom. The van der Waals surface area contributed by atoms with Gasteiger partial charge in [-0.05, 0) is 27.7 Å². The molecule has 0 saturated heterocycles. The van der Waals surface area contributed by atoms with Crippen molar-refractivity contribution in [3.05, 3.63) is 0 Å². The third-order valence-corrected chi connectivity index (χ3v) is 2.31. The second kappa shape index (κ2) is 6.25. The van der Waals surface area contributed by atoms with Crippen molar-refractivity contribution in [1.82, 2.24) is 0 Å². The van der Waals surface area contributed by atoms with Gasteiger partial charge in [0.25, 0.3) is 0 Å². The van der Waals surface area contributed by atoms with Crippen LogP contribution in [0.25, 0.3) is 0 Å². The Hall–Kier alpha value is -1.39. The summed E-state index contributed by atoms with van der Waals surface area (Å²) < 4.78 is 9.50. The van der Waals surface area contributed by atoms with Crippen molar-refractivity contribution in [2.24, 2.45) is 5.41 Å². The highest BCUT2D eigenvalue weighted by atomic mass is 16.5. The zero-order valence-corrected chi connectivity index (χ0v) is 10.2. The van der Waals surface area contributed by atoms with Crippen LogP contribution in [0.2, 0.25) is 0 Å². The number of ketones is 1. The van der Waals surface area contributed by atoms with E-state index >= 15 is 0 Å². The predicted octanol–water partition coefficient (Wildman–Crippen LogP) is 1.10. The molecule has 0 heterocycles. The number of esters is 2. The highest BCUT2D eigenvalue weighted by Gasteiger charge is 2.42. The lowest BCUT2D eigenvalue weighted by Gasteiger charge is -2.22. The van der Waals surface area contributed by atoms with Gasteiger partial charge < -0.3 is 9.47 Å². The molecule has 0 amide bonds. The Morgan fingerprint density at radius 2 is 1.56 bits per heavy atom. The maximum atomic E-state index is 11.6. The van der Waals surface area contributed by atoms with Crippen molar-refractivity contribution < 1.29 is 23.9 Å². The van der Waals surface area contributed by atoms with Crippen LogP contribution in [0, 0.1) is 5.41 Å². The Kier molecular flexibility index (Phi) is 5.71. The number of rotatable bonds is 6. The van der Waals surface area contributed by atoms with Gasteiger partial charge in [-0.15, -0.1) is 0 Å². The summed E-state index contributed by atoms with van der Waals surface area (Å²) in [5.74, 6) is -1.66. The fraction of sp³-hybridized carbons (Fsp3) is 0.727. The van der Waals surface area contributed by atoms with Crippen molar-refractivity contribution in [3.63, 3.8) is 0 Å². The normalized spacial score (nSPS) is 13.8. The van der Waals surface area contributed by atoms with E-state index in [1.165, 1.54) is 13.8 Å². The second-order valence-electron chi connectivity index (χ2n) is 3.59. The molecular weight excluding hydrogens is 212 g/mol. The standard InChI is InChI=1S/C11H18O5/c1-5-15-9(13)7-11(4,8(3)12)10(14)16-6-2/h5-7H2,1-4H3. The molecule has 0 spiro atoms. The Labute approximate surface area is 95.1 Å². The van der Waals surface area contributed by atoms with Crippen LogP contribution in [-0.2, 0) is 23.9 Å². The lowest BCUT2D eigenvalue weighted by molar-refractivity contribution is -0.164. The van der Waals surface area contributed by atoms with E-state index in [9.17, 15) is 14.4 Å². The number of hydrogen-bond acceptors (Lipinski definition) is 5. The molecule has 0 aliphatic heterocycles. The molecular formula is C11H18O5. The molecule has 0 rings (SSSR count). The van der Waals surface area contributed by atoms with Gasteiger partial charge in [0, 0.05) is 0 Å². The van der Waals surface area contributed by atoms with E-state index in [0.717, 1.165) is 0 Å². The van der Waals surface area contributed by atoms with E-state index in [-0.39, 0.29) is 19.6 Å². The Balaban J connectivity index is 4.76. The molecule has 92 valence electrons. The molecule has 0 radical (unpaired) electrons. The van der Waals surface area contributed by atoms with Gasteiger partial charge in [-0.2, -0.15) is 0 Å². The molecule has 1 unspecified atom stereocenters. The molecule has 5 heteroatoms. The smallest absolute Gasteiger partial charge is 0.319 e. The first kappa shape index (κ1) is 14.6. The van der Waals surface area contributed by atoms with Gasteiger partial charge in [-0.1, -0.05) is 0 Å². The quantitative estimate of drug-likeness (QED) is 0.504. The summed E-state index contributed by atoms with van der Waals surface area (Å²) >= 11 is 0. The van der Waals surface area contributed by atoms with Crippen LogP contribution in [0.1, 0.15) is 34.1 Å². The maximum absolute atomic E-state index is 11.6. The zero-order valence-electron chi connectivity index (χ0n) is 10.2. The summed E-state index contributed by atoms with van der Waals surface area (Å²) in [5, 5.41) is 0. The van der Waals surface area contributed by atoms with E-state index in [1.54, 1.807) is 13.8 Å². The molecule has 1 atom stereocenters. The predicted molar refractivity (Wildman–Crippen MR) is 56.7 cm³/mol. The topological polar surface area (TPSA) is 69.7 Å². The molecule has 0 aromatic heterocycles. The summed E-state index contributed by atoms with van der Waals surface area (Å²) in [7, 11) is 0. The minimum atomic E-state index is -1.44. The highest BCUT2D eigenvalue weighted by molar-refractivity contribution is 6.04. The zero-order chi connectivity index (χ0) is 12.8. The summed E-state index contributed by atoms with van der Waals surface area (Å²) in [5.41, 5.74) is -1.44. The third-order valence-electron chi connectivity index (χ3n) is 2.31. The third kappa shape index (κ3) is 3.64. The van der Waals surface area contributed by atoms with Crippen LogP contribution in [0.15, 0.2) is 0 Å². The molecule has 0 aromatic carbocycles. The molecule has 0 bridgehead atoms. The summed E-state index contributed by atoms with van der Waals surface area (Å²) in [6, 6.07) is 0. The van der Waals surface area contributed by atoms with Gasteiger partial charge in [0.1, 0.15) is 11.2 Å². The van der Waals surface area contributed by atoms with Gasteiger partial charge in [-0.25, -0.2) is 0 Å². The minimum Gasteiger partial charge on any atom is -0.466 e. The monoisotopic (exact) mass is 230 g/mol. The first-order valence-corrected chi connectivity index (χ1v) is 5.22. The van der Waals surface area contributed by atoms with Crippen molar-refractivity contribution in [1.29, 1.82) is 0 Å². The molecule has 0 N–H and O–H groups in total. The van der Waals surface area contributed by atoms with Crippen LogP contribution in [0.5, 0.6) is 0 Å². The minimum absolute atomic E-state index is 0.171. The molecule has 0 fully saturated rings. The second-order valence-corrected chi connectivity index (χ2v) is 3.59. The van der Waals surface area contributed by atoms with Gasteiger partial charge in [0.05, 0.1) is 19.6 Å². The van der Waals surface area contributed by atoms with E-state index in [2.05, 4.69) is 0 Å². The van der Waals surface area contributed by atoms with Crippen molar-refractivity contribution in [2.45, 2.75) is 34.1 Å². The van der Waals surface area contributed by atoms with E-state index < -0.39 is 23.1 Å². The molecule has 5 nitrogen and oxygen atoms in total. The van der Waals surface area contributed by atoms with Crippen LogP contribution < -0.4 is 0 Å². The number of Topliss-reactive ketones (excluding diaryl/α,β-unsaturated/α-hetero) is 1. The van der Waals surface area contributed by atoms with Gasteiger partial charge in [0.15, 0.2) is 0 Å². The van der Waals surface area contributed by atoms with Crippen molar-refractivity contribution in [2.75, 3.05) is 13.2 Å². The van der Waals surface area contributed by atoms with Gasteiger partial charge in [-0.3, -0.25) is 14.4 Å². The number of ether oxygens (including phenoxy) is 2. The largest absolute Gasteiger partial charge is 0.466 e. The summed E-state index contributed by atoms with van der Waals surface area (Å²) in [6.45, 7) is 6.34. The van der Waals surface area contributed by atoms with Crippen molar-refractivity contribution in [3.8, 4) is 0 Å². The van der Waals surface area contributed by atoms with Crippen LogP contribution in [0.3, 0.4) is 0 Å². The number of hydrogen-bond donors (Lipinski definition) is 0. The molecule has 0 aliphatic carbocycles. The Bertz CT molecular complexity index is 284. The Morgan fingerprint density at radius 1 is 1.06 bits per heavy atom. The van der Waals surface area contributed by atoms with Crippen LogP contribution in [-0.4, -0.2) is 30.9 Å². The highest BCUT2D eigenvalue weighted by Crippen LogP contribution is 2.25.